The highest BCUT2D eigenvalue weighted by atomic mass is 35.5. The van der Waals surface area contributed by atoms with E-state index in [1.54, 1.807) is 23.1 Å². The SMILES string of the molecule is O=C(NCc1ccc(N2CCC(c3cc(Cl)c(Cl)c(Cl)c3)(C(F)(F)F)C2)cc1Cl)C1CC1. The fraction of sp³-hybridized carbons (Fsp3) is 0.409. The predicted molar refractivity (Wildman–Crippen MR) is 122 cm³/mol. The van der Waals surface area contributed by atoms with Crippen LogP contribution in [-0.2, 0) is 16.8 Å². The van der Waals surface area contributed by atoms with Gasteiger partial charge in [0, 0.05) is 36.3 Å². The van der Waals surface area contributed by atoms with Crippen molar-refractivity contribution in [2.24, 2.45) is 5.92 Å². The van der Waals surface area contributed by atoms with Crippen molar-refractivity contribution < 1.29 is 18.0 Å². The summed E-state index contributed by atoms with van der Waals surface area (Å²) in [5.41, 5.74) is -0.877. The Kier molecular flexibility index (Phi) is 6.54. The Balaban J connectivity index is 1.57. The zero-order valence-electron chi connectivity index (χ0n) is 16.7. The summed E-state index contributed by atoms with van der Waals surface area (Å²) >= 11 is 24.4. The molecule has 1 aliphatic heterocycles. The maximum absolute atomic E-state index is 14.3. The highest BCUT2D eigenvalue weighted by Crippen LogP contribution is 2.50. The van der Waals surface area contributed by atoms with Crippen molar-refractivity contribution in [1.29, 1.82) is 0 Å². The zero-order valence-corrected chi connectivity index (χ0v) is 19.7. The summed E-state index contributed by atoms with van der Waals surface area (Å²) in [5.74, 6) is 0.0861. The summed E-state index contributed by atoms with van der Waals surface area (Å²) in [4.78, 5) is 13.5. The molecule has 2 aliphatic rings. The fourth-order valence-corrected chi connectivity index (χ4v) is 4.88. The van der Waals surface area contributed by atoms with Gasteiger partial charge in [-0.1, -0.05) is 52.5 Å². The molecule has 1 aliphatic carbocycles. The number of nitrogens with zero attached hydrogens (tertiary/aromatic N) is 1. The lowest BCUT2D eigenvalue weighted by Crippen LogP contribution is -2.44. The van der Waals surface area contributed by atoms with E-state index in [1.165, 1.54) is 12.1 Å². The van der Waals surface area contributed by atoms with Crippen molar-refractivity contribution in [2.75, 3.05) is 18.0 Å². The molecule has 0 radical (unpaired) electrons. The van der Waals surface area contributed by atoms with Gasteiger partial charge >= 0.3 is 6.18 Å². The smallest absolute Gasteiger partial charge is 0.370 e. The van der Waals surface area contributed by atoms with Crippen molar-refractivity contribution in [2.45, 2.75) is 37.4 Å². The first-order valence-corrected chi connectivity index (χ1v) is 11.6. The third kappa shape index (κ3) is 4.52. The van der Waals surface area contributed by atoms with Crippen LogP contribution in [0.3, 0.4) is 0 Å². The topological polar surface area (TPSA) is 32.3 Å². The molecule has 4 rings (SSSR count). The zero-order chi connectivity index (χ0) is 23.3. The number of nitrogens with one attached hydrogen (secondary N) is 1. The number of anilines is 1. The lowest BCUT2D eigenvalue weighted by atomic mass is 9.79. The minimum Gasteiger partial charge on any atom is -0.370 e. The summed E-state index contributed by atoms with van der Waals surface area (Å²) in [6.45, 7) is 0.146. The minimum atomic E-state index is -4.53. The number of hydrogen-bond acceptors (Lipinski definition) is 2. The van der Waals surface area contributed by atoms with E-state index in [0.717, 1.165) is 12.8 Å². The van der Waals surface area contributed by atoms with Crippen LogP contribution in [0.15, 0.2) is 30.3 Å². The third-order valence-corrected chi connectivity index (χ3v) is 7.70. The number of benzene rings is 2. The molecule has 2 aromatic rings. The molecule has 1 saturated heterocycles. The second-order valence-corrected chi connectivity index (χ2v) is 9.87. The molecule has 1 heterocycles. The highest BCUT2D eigenvalue weighted by Gasteiger charge is 2.59. The van der Waals surface area contributed by atoms with Crippen LogP contribution < -0.4 is 10.2 Å². The van der Waals surface area contributed by atoms with E-state index in [0.29, 0.717) is 16.3 Å². The first-order chi connectivity index (χ1) is 15.0. The summed E-state index contributed by atoms with van der Waals surface area (Å²) in [6, 6.07) is 7.57. The molecule has 2 aromatic carbocycles. The Morgan fingerprint density at radius 1 is 1.06 bits per heavy atom. The van der Waals surface area contributed by atoms with Crippen LogP contribution in [0.4, 0.5) is 18.9 Å². The van der Waals surface area contributed by atoms with Gasteiger partial charge in [0.15, 0.2) is 0 Å². The lowest BCUT2D eigenvalue weighted by Gasteiger charge is -2.33. The molecule has 10 heteroatoms. The summed E-state index contributed by atoms with van der Waals surface area (Å²) in [5, 5.41) is 3.22. The molecule has 0 aromatic heterocycles. The van der Waals surface area contributed by atoms with E-state index >= 15 is 0 Å². The Morgan fingerprint density at radius 2 is 1.72 bits per heavy atom. The monoisotopic (exact) mass is 524 g/mol. The van der Waals surface area contributed by atoms with Crippen LogP contribution in [0.1, 0.15) is 30.4 Å². The molecule has 0 bridgehead atoms. The van der Waals surface area contributed by atoms with E-state index in [1.807, 2.05) is 0 Å². The molecule has 32 heavy (non-hydrogen) atoms. The van der Waals surface area contributed by atoms with Gasteiger partial charge in [-0.3, -0.25) is 4.79 Å². The van der Waals surface area contributed by atoms with Crippen LogP contribution in [0.25, 0.3) is 0 Å². The average molecular weight is 526 g/mol. The number of alkyl halides is 3. The van der Waals surface area contributed by atoms with Crippen molar-refractivity contribution in [3.8, 4) is 0 Å². The maximum Gasteiger partial charge on any atom is 0.400 e. The number of halogens is 7. The number of carbonyl (C=O) groups excluding carboxylic acids is 1. The highest BCUT2D eigenvalue weighted by molar-refractivity contribution is 6.48. The second-order valence-electron chi connectivity index (χ2n) is 8.27. The number of rotatable bonds is 5. The van der Waals surface area contributed by atoms with Gasteiger partial charge < -0.3 is 10.2 Å². The van der Waals surface area contributed by atoms with Crippen molar-refractivity contribution in [3.05, 3.63) is 61.5 Å². The maximum atomic E-state index is 14.3. The van der Waals surface area contributed by atoms with Gasteiger partial charge in [-0.25, -0.2) is 0 Å². The van der Waals surface area contributed by atoms with Gasteiger partial charge in [0.25, 0.3) is 0 Å². The van der Waals surface area contributed by atoms with Crippen LogP contribution in [0, 0.1) is 5.92 Å². The Hall–Kier alpha value is -1.34. The number of hydrogen-bond donors (Lipinski definition) is 1. The predicted octanol–water partition coefficient (Wildman–Crippen LogP) is 7.04. The molecule has 2 fully saturated rings. The molecule has 0 spiro atoms. The first-order valence-electron chi connectivity index (χ1n) is 10.0. The van der Waals surface area contributed by atoms with Crippen molar-refractivity contribution in [1.82, 2.24) is 5.32 Å². The van der Waals surface area contributed by atoms with E-state index < -0.39 is 11.6 Å². The molecule has 1 amide bonds. The quantitative estimate of drug-likeness (QED) is 0.425. The molecule has 1 N–H and O–H groups in total. The van der Waals surface area contributed by atoms with Gasteiger partial charge in [-0.05, 0) is 54.7 Å². The van der Waals surface area contributed by atoms with Gasteiger partial charge in [0.05, 0.1) is 15.1 Å². The molecule has 3 nitrogen and oxygen atoms in total. The van der Waals surface area contributed by atoms with Gasteiger partial charge in [-0.15, -0.1) is 0 Å². The van der Waals surface area contributed by atoms with Crippen molar-refractivity contribution in [3.63, 3.8) is 0 Å². The largest absolute Gasteiger partial charge is 0.400 e. The van der Waals surface area contributed by atoms with E-state index in [9.17, 15) is 18.0 Å². The Labute approximate surface area is 203 Å². The standard InChI is InChI=1S/C22H19Cl4F3N2O/c23-16-9-15(4-3-13(16)10-30-20(32)12-1-2-12)31-6-5-21(11-31,22(27,28)29)14-7-17(24)19(26)18(25)8-14/h3-4,7-9,12H,1-2,5-6,10-11H2,(H,30,32). The lowest BCUT2D eigenvalue weighted by molar-refractivity contribution is -0.184. The molecule has 1 unspecified atom stereocenters. The molecular weight excluding hydrogens is 507 g/mol. The van der Waals surface area contributed by atoms with Crippen LogP contribution in [0.2, 0.25) is 20.1 Å². The van der Waals surface area contributed by atoms with Gasteiger partial charge in [0.2, 0.25) is 5.91 Å². The summed E-state index contributed by atoms with van der Waals surface area (Å²) in [7, 11) is 0. The van der Waals surface area contributed by atoms with Gasteiger partial charge in [0.1, 0.15) is 5.41 Å². The fourth-order valence-electron chi connectivity index (χ4n) is 4.04. The van der Waals surface area contributed by atoms with E-state index in [-0.39, 0.29) is 58.5 Å². The first kappa shape index (κ1) is 23.8. The van der Waals surface area contributed by atoms with Crippen LogP contribution in [-0.4, -0.2) is 25.2 Å². The van der Waals surface area contributed by atoms with Crippen molar-refractivity contribution >= 4 is 58.0 Å². The van der Waals surface area contributed by atoms with Gasteiger partial charge in [-0.2, -0.15) is 13.2 Å². The molecule has 1 atom stereocenters. The number of amides is 1. The van der Waals surface area contributed by atoms with E-state index in [2.05, 4.69) is 5.32 Å². The molecule has 1 saturated carbocycles. The van der Waals surface area contributed by atoms with Crippen LogP contribution >= 0.6 is 46.4 Å². The summed E-state index contributed by atoms with van der Waals surface area (Å²) in [6.07, 6.45) is -2.89. The minimum absolute atomic E-state index is 0.0000620. The third-order valence-electron chi connectivity index (χ3n) is 6.15. The number of carbonyl (C=O) groups is 1. The average Bonchev–Trinajstić information content (AvgIpc) is 3.47. The normalized spacial score (nSPS) is 21.2. The Bertz CT molecular complexity index is 1030. The second kappa shape index (κ2) is 8.79. The van der Waals surface area contributed by atoms with E-state index in [4.69, 9.17) is 46.4 Å². The molecular formula is C22H19Cl4F3N2O. The Morgan fingerprint density at radius 3 is 2.28 bits per heavy atom. The van der Waals surface area contributed by atoms with Crippen LogP contribution in [0.5, 0.6) is 0 Å². The summed E-state index contributed by atoms with van der Waals surface area (Å²) < 4.78 is 43.0. The molecule has 172 valence electrons.